The van der Waals surface area contributed by atoms with E-state index in [2.05, 4.69) is 22.9 Å². The SMILES string of the molecule is Cc1c(N)cccc1-c1nc(-c2cccs2)cs1. The van der Waals surface area contributed by atoms with Crippen LogP contribution in [0.5, 0.6) is 0 Å². The molecule has 90 valence electrons. The van der Waals surface area contributed by atoms with Crippen molar-refractivity contribution in [3.63, 3.8) is 0 Å². The molecule has 4 heteroatoms. The molecule has 0 aliphatic heterocycles. The second kappa shape index (κ2) is 4.55. The largest absolute Gasteiger partial charge is 0.398 e. The van der Waals surface area contributed by atoms with Gasteiger partial charge in [0, 0.05) is 16.6 Å². The third-order valence-electron chi connectivity index (χ3n) is 2.88. The van der Waals surface area contributed by atoms with E-state index in [-0.39, 0.29) is 0 Å². The molecule has 0 unspecified atom stereocenters. The Morgan fingerprint density at radius 1 is 1.11 bits per heavy atom. The first-order valence-corrected chi connectivity index (χ1v) is 7.36. The van der Waals surface area contributed by atoms with Gasteiger partial charge in [0.2, 0.25) is 0 Å². The lowest BCUT2D eigenvalue weighted by Crippen LogP contribution is -1.91. The van der Waals surface area contributed by atoms with Crippen molar-refractivity contribution in [1.29, 1.82) is 0 Å². The summed E-state index contributed by atoms with van der Waals surface area (Å²) in [5.74, 6) is 0. The number of rotatable bonds is 2. The van der Waals surface area contributed by atoms with Crippen LogP contribution in [0, 0.1) is 6.92 Å². The van der Waals surface area contributed by atoms with Gasteiger partial charge in [-0.2, -0.15) is 0 Å². The lowest BCUT2D eigenvalue weighted by molar-refractivity contribution is 1.38. The summed E-state index contributed by atoms with van der Waals surface area (Å²) in [5.41, 5.74) is 10.0. The van der Waals surface area contributed by atoms with Gasteiger partial charge in [-0.1, -0.05) is 18.2 Å². The summed E-state index contributed by atoms with van der Waals surface area (Å²) in [6.07, 6.45) is 0. The number of nitrogens with two attached hydrogens (primary N) is 1. The molecule has 0 aliphatic rings. The second-order valence-corrected chi connectivity index (χ2v) is 5.84. The van der Waals surface area contributed by atoms with E-state index in [1.54, 1.807) is 22.7 Å². The van der Waals surface area contributed by atoms with Gasteiger partial charge in [0.15, 0.2) is 0 Å². The summed E-state index contributed by atoms with van der Waals surface area (Å²) in [4.78, 5) is 5.91. The van der Waals surface area contributed by atoms with Gasteiger partial charge in [-0.15, -0.1) is 22.7 Å². The molecule has 0 aliphatic carbocycles. The molecule has 2 heterocycles. The van der Waals surface area contributed by atoms with Crippen molar-refractivity contribution >= 4 is 28.4 Å². The average Bonchev–Trinajstić information content (AvgIpc) is 3.01. The molecular formula is C14H12N2S2. The molecule has 0 bridgehead atoms. The van der Waals surface area contributed by atoms with Gasteiger partial charge in [0.1, 0.15) is 5.01 Å². The number of aromatic nitrogens is 1. The molecule has 3 aromatic rings. The number of anilines is 1. The van der Waals surface area contributed by atoms with Gasteiger partial charge in [-0.3, -0.25) is 0 Å². The van der Waals surface area contributed by atoms with Crippen molar-refractivity contribution in [2.75, 3.05) is 5.73 Å². The molecule has 0 saturated carbocycles. The smallest absolute Gasteiger partial charge is 0.124 e. The predicted molar refractivity (Wildman–Crippen MR) is 80.0 cm³/mol. The van der Waals surface area contributed by atoms with E-state index in [0.717, 1.165) is 27.5 Å². The Balaban J connectivity index is 2.06. The maximum absolute atomic E-state index is 5.94. The van der Waals surface area contributed by atoms with Crippen LogP contribution < -0.4 is 5.73 Å². The topological polar surface area (TPSA) is 38.9 Å². The average molecular weight is 272 g/mol. The molecule has 3 rings (SSSR count). The number of nitrogen functional groups attached to an aromatic ring is 1. The van der Waals surface area contributed by atoms with E-state index in [0.29, 0.717) is 0 Å². The Labute approximate surface area is 114 Å². The maximum Gasteiger partial charge on any atom is 0.124 e. The summed E-state index contributed by atoms with van der Waals surface area (Å²) in [6.45, 7) is 2.04. The van der Waals surface area contributed by atoms with Crippen LogP contribution >= 0.6 is 22.7 Å². The molecule has 0 radical (unpaired) electrons. The standard InChI is InChI=1S/C14H12N2S2/c1-9-10(4-2-5-11(9)15)14-16-12(8-18-14)13-6-3-7-17-13/h2-8H,15H2,1H3. The lowest BCUT2D eigenvalue weighted by Gasteiger charge is -2.04. The minimum Gasteiger partial charge on any atom is -0.398 e. The maximum atomic E-state index is 5.94. The van der Waals surface area contributed by atoms with E-state index in [1.807, 2.05) is 25.1 Å². The molecule has 0 saturated heterocycles. The van der Waals surface area contributed by atoms with Crippen LogP contribution in [0.25, 0.3) is 21.1 Å². The van der Waals surface area contributed by atoms with Gasteiger partial charge in [0.05, 0.1) is 10.6 Å². The Kier molecular flexibility index (Phi) is 2.89. The number of thiophene rings is 1. The quantitative estimate of drug-likeness (QED) is 0.701. The Morgan fingerprint density at radius 3 is 2.78 bits per heavy atom. The Hall–Kier alpha value is -1.65. The van der Waals surface area contributed by atoms with Crippen LogP contribution in [-0.4, -0.2) is 4.98 Å². The monoisotopic (exact) mass is 272 g/mol. The summed E-state index contributed by atoms with van der Waals surface area (Å²) in [7, 11) is 0. The second-order valence-electron chi connectivity index (χ2n) is 4.04. The molecule has 2 aromatic heterocycles. The molecule has 0 amide bonds. The van der Waals surface area contributed by atoms with Crippen LogP contribution in [0.15, 0.2) is 41.1 Å². The summed E-state index contributed by atoms with van der Waals surface area (Å²) < 4.78 is 0. The van der Waals surface area contributed by atoms with Crippen molar-refractivity contribution in [3.05, 3.63) is 46.7 Å². The number of nitrogens with zero attached hydrogens (tertiary/aromatic N) is 1. The Morgan fingerprint density at radius 2 is 2.00 bits per heavy atom. The highest BCUT2D eigenvalue weighted by atomic mass is 32.1. The van der Waals surface area contributed by atoms with Crippen LogP contribution in [0.1, 0.15) is 5.56 Å². The first kappa shape index (κ1) is 11.4. The van der Waals surface area contributed by atoms with Crippen molar-refractivity contribution < 1.29 is 0 Å². The third-order valence-corrected chi connectivity index (χ3v) is 4.65. The molecule has 0 spiro atoms. The van der Waals surface area contributed by atoms with Crippen molar-refractivity contribution in [1.82, 2.24) is 4.98 Å². The number of hydrogen-bond donors (Lipinski definition) is 1. The fraction of sp³-hybridized carbons (Fsp3) is 0.0714. The predicted octanol–water partition coefficient (Wildman–Crippen LogP) is 4.43. The van der Waals surface area contributed by atoms with Gasteiger partial charge in [0.25, 0.3) is 0 Å². The highest BCUT2D eigenvalue weighted by Crippen LogP contribution is 2.33. The normalized spacial score (nSPS) is 10.7. The molecule has 2 N–H and O–H groups in total. The molecular weight excluding hydrogens is 260 g/mol. The minimum absolute atomic E-state index is 0.820. The molecule has 1 aromatic carbocycles. The van der Waals surface area contributed by atoms with E-state index in [9.17, 15) is 0 Å². The van der Waals surface area contributed by atoms with Crippen LogP contribution in [0.3, 0.4) is 0 Å². The van der Waals surface area contributed by atoms with Gasteiger partial charge < -0.3 is 5.73 Å². The van der Waals surface area contributed by atoms with Crippen molar-refractivity contribution in [3.8, 4) is 21.1 Å². The lowest BCUT2D eigenvalue weighted by atomic mass is 10.1. The minimum atomic E-state index is 0.820. The van der Waals surface area contributed by atoms with Crippen molar-refractivity contribution in [2.24, 2.45) is 0 Å². The molecule has 2 nitrogen and oxygen atoms in total. The van der Waals surface area contributed by atoms with Crippen LogP contribution in [0.4, 0.5) is 5.69 Å². The number of hydrogen-bond acceptors (Lipinski definition) is 4. The molecule has 0 atom stereocenters. The Bertz CT molecular complexity index is 669. The third kappa shape index (κ3) is 1.94. The van der Waals surface area contributed by atoms with Gasteiger partial charge in [-0.25, -0.2) is 4.98 Å². The first-order valence-electron chi connectivity index (χ1n) is 5.60. The number of benzene rings is 1. The van der Waals surface area contributed by atoms with Crippen LogP contribution in [-0.2, 0) is 0 Å². The summed E-state index contributed by atoms with van der Waals surface area (Å²) in [6, 6.07) is 10.1. The zero-order valence-corrected chi connectivity index (χ0v) is 11.5. The van der Waals surface area contributed by atoms with Gasteiger partial charge >= 0.3 is 0 Å². The van der Waals surface area contributed by atoms with E-state index in [1.165, 1.54) is 4.88 Å². The van der Waals surface area contributed by atoms with Gasteiger partial charge in [-0.05, 0) is 30.0 Å². The highest BCUT2D eigenvalue weighted by Gasteiger charge is 2.10. The summed E-state index contributed by atoms with van der Waals surface area (Å²) >= 11 is 3.38. The zero-order chi connectivity index (χ0) is 12.5. The zero-order valence-electron chi connectivity index (χ0n) is 9.88. The van der Waals surface area contributed by atoms with E-state index >= 15 is 0 Å². The van der Waals surface area contributed by atoms with E-state index < -0.39 is 0 Å². The molecule has 0 fully saturated rings. The highest BCUT2D eigenvalue weighted by molar-refractivity contribution is 7.15. The fourth-order valence-electron chi connectivity index (χ4n) is 1.82. The van der Waals surface area contributed by atoms with Crippen molar-refractivity contribution in [2.45, 2.75) is 6.92 Å². The first-order chi connectivity index (χ1) is 8.75. The fourth-order valence-corrected chi connectivity index (χ4v) is 3.48. The molecule has 18 heavy (non-hydrogen) atoms. The van der Waals surface area contributed by atoms with Crippen LogP contribution in [0.2, 0.25) is 0 Å². The van der Waals surface area contributed by atoms with E-state index in [4.69, 9.17) is 10.7 Å². The number of thiazole rings is 1. The summed E-state index contributed by atoms with van der Waals surface area (Å²) in [5, 5.41) is 5.20.